The Morgan fingerprint density at radius 2 is 1.90 bits per heavy atom. The van der Waals surface area contributed by atoms with Gasteiger partial charge in [-0.25, -0.2) is 8.42 Å². The van der Waals surface area contributed by atoms with E-state index in [0.717, 1.165) is 12.8 Å². The van der Waals surface area contributed by atoms with Gasteiger partial charge in [0, 0.05) is 13.1 Å². The quantitative estimate of drug-likeness (QED) is 0.858. The fourth-order valence-corrected chi connectivity index (χ4v) is 3.85. The Bertz CT molecular complexity index is 578. The van der Waals surface area contributed by atoms with Crippen molar-refractivity contribution in [2.45, 2.75) is 31.6 Å². The van der Waals surface area contributed by atoms with Gasteiger partial charge in [0.15, 0.2) is 9.84 Å². The average molecular weight is 295 g/mol. The molecule has 1 aliphatic rings. The summed E-state index contributed by atoms with van der Waals surface area (Å²) >= 11 is 0. The van der Waals surface area contributed by atoms with Crippen LogP contribution in [-0.4, -0.2) is 38.1 Å². The molecule has 0 aliphatic carbocycles. The Kier molecular flexibility index (Phi) is 4.18. The molecule has 0 atom stereocenters. The van der Waals surface area contributed by atoms with Crippen molar-refractivity contribution in [1.82, 2.24) is 4.90 Å². The summed E-state index contributed by atoms with van der Waals surface area (Å²) in [5.41, 5.74) is 0.0738. The number of benzene rings is 1. The van der Waals surface area contributed by atoms with Crippen molar-refractivity contribution in [2.24, 2.45) is 5.41 Å². The molecule has 2 rings (SSSR count). The molecule has 0 bridgehead atoms. The summed E-state index contributed by atoms with van der Waals surface area (Å²) < 4.78 is 24.4. The lowest BCUT2D eigenvalue weighted by atomic mass is 9.84. The van der Waals surface area contributed by atoms with Crippen LogP contribution >= 0.6 is 0 Å². The lowest BCUT2D eigenvalue weighted by Crippen LogP contribution is -2.45. The van der Waals surface area contributed by atoms with Crippen LogP contribution in [0.5, 0.6) is 0 Å². The summed E-state index contributed by atoms with van der Waals surface area (Å²) in [6.07, 6.45) is 2.01. The van der Waals surface area contributed by atoms with Gasteiger partial charge in [0.25, 0.3) is 0 Å². The Labute approximate surface area is 120 Å². The van der Waals surface area contributed by atoms with Crippen molar-refractivity contribution in [3.05, 3.63) is 30.3 Å². The van der Waals surface area contributed by atoms with Crippen molar-refractivity contribution in [3.63, 3.8) is 0 Å². The van der Waals surface area contributed by atoms with E-state index in [1.807, 2.05) is 0 Å². The minimum Gasteiger partial charge on any atom is -0.341 e. The number of piperidine rings is 1. The molecule has 0 saturated carbocycles. The summed E-state index contributed by atoms with van der Waals surface area (Å²) in [6, 6.07) is 8.15. The molecule has 0 spiro atoms. The molecule has 0 unspecified atom stereocenters. The van der Waals surface area contributed by atoms with Crippen LogP contribution in [0.2, 0.25) is 0 Å². The molecule has 1 amide bonds. The van der Waals surface area contributed by atoms with Gasteiger partial charge in [0.05, 0.1) is 4.90 Å². The molecule has 1 heterocycles. The Morgan fingerprint density at radius 1 is 1.25 bits per heavy atom. The average Bonchev–Trinajstić information content (AvgIpc) is 2.38. The summed E-state index contributed by atoms with van der Waals surface area (Å²) in [5.74, 6) is -0.728. The number of sulfone groups is 1. The van der Waals surface area contributed by atoms with E-state index in [1.54, 1.807) is 23.1 Å². The summed E-state index contributed by atoms with van der Waals surface area (Å²) in [4.78, 5) is 14.1. The number of rotatable bonds is 3. The highest BCUT2D eigenvalue weighted by atomic mass is 32.2. The van der Waals surface area contributed by atoms with E-state index >= 15 is 0 Å². The fourth-order valence-electron chi connectivity index (χ4n) is 2.60. The van der Waals surface area contributed by atoms with E-state index in [0.29, 0.717) is 13.1 Å². The first kappa shape index (κ1) is 15.0. The SMILES string of the molecule is CC1(C)CCCN(C(=O)CS(=O)(=O)c2ccccc2)C1. The standard InChI is InChI=1S/C15H21NO3S/c1-15(2)9-6-10-16(12-15)14(17)11-20(18,19)13-7-4-3-5-8-13/h3-5,7-8H,6,9-12H2,1-2H3. The number of likely N-dealkylation sites (tertiary alicyclic amines) is 1. The number of carbonyl (C=O) groups is 1. The van der Waals surface area contributed by atoms with Crippen LogP contribution in [0.3, 0.4) is 0 Å². The van der Waals surface area contributed by atoms with Gasteiger partial charge in [-0.05, 0) is 30.4 Å². The van der Waals surface area contributed by atoms with Crippen LogP contribution in [0.25, 0.3) is 0 Å². The van der Waals surface area contributed by atoms with E-state index in [-0.39, 0.29) is 16.2 Å². The van der Waals surface area contributed by atoms with Gasteiger partial charge in [0.1, 0.15) is 5.75 Å². The first-order chi connectivity index (χ1) is 9.30. The molecule has 110 valence electrons. The molecule has 1 aliphatic heterocycles. The largest absolute Gasteiger partial charge is 0.341 e. The minimum atomic E-state index is -3.54. The maximum Gasteiger partial charge on any atom is 0.238 e. The molecule has 0 radical (unpaired) electrons. The third kappa shape index (κ3) is 3.60. The van der Waals surface area contributed by atoms with Gasteiger partial charge in [-0.1, -0.05) is 32.0 Å². The number of nitrogens with zero attached hydrogens (tertiary/aromatic N) is 1. The van der Waals surface area contributed by atoms with Crippen LogP contribution in [0.15, 0.2) is 35.2 Å². The number of amides is 1. The van der Waals surface area contributed by atoms with E-state index in [4.69, 9.17) is 0 Å². The molecule has 5 heteroatoms. The predicted octanol–water partition coefficient (Wildman–Crippen LogP) is 2.11. The molecule has 1 aromatic carbocycles. The zero-order valence-electron chi connectivity index (χ0n) is 12.0. The van der Waals surface area contributed by atoms with Crippen LogP contribution < -0.4 is 0 Å². The van der Waals surface area contributed by atoms with Crippen LogP contribution in [0, 0.1) is 5.41 Å². The molecular formula is C15H21NO3S. The van der Waals surface area contributed by atoms with Crippen molar-refractivity contribution in [1.29, 1.82) is 0 Å². The van der Waals surface area contributed by atoms with Crippen molar-refractivity contribution < 1.29 is 13.2 Å². The Morgan fingerprint density at radius 3 is 2.50 bits per heavy atom. The summed E-state index contributed by atoms with van der Waals surface area (Å²) in [6.45, 7) is 5.51. The molecule has 1 aromatic rings. The predicted molar refractivity (Wildman–Crippen MR) is 78.1 cm³/mol. The second-order valence-corrected chi connectivity index (χ2v) is 8.14. The van der Waals surface area contributed by atoms with Gasteiger partial charge >= 0.3 is 0 Å². The number of hydrogen-bond donors (Lipinski definition) is 0. The third-order valence-electron chi connectivity index (χ3n) is 3.67. The maximum atomic E-state index is 12.2. The molecular weight excluding hydrogens is 274 g/mol. The normalized spacial score (nSPS) is 18.8. The second-order valence-electron chi connectivity index (χ2n) is 6.16. The molecule has 4 nitrogen and oxygen atoms in total. The van der Waals surface area contributed by atoms with E-state index in [9.17, 15) is 13.2 Å². The molecule has 1 fully saturated rings. The Hall–Kier alpha value is -1.36. The van der Waals surface area contributed by atoms with Crippen LogP contribution in [-0.2, 0) is 14.6 Å². The summed E-state index contributed by atoms with van der Waals surface area (Å²) in [5, 5.41) is 0. The highest BCUT2D eigenvalue weighted by Crippen LogP contribution is 2.28. The molecule has 20 heavy (non-hydrogen) atoms. The minimum absolute atomic E-state index is 0.0738. The number of carbonyl (C=O) groups excluding carboxylic acids is 1. The van der Waals surface area contributed by atoms with Crippen molar-refractivity contribution in [3.8, 4) is 0 Å². The molecule has 0 aromatic heterocycles. The van der Waals surface area contributed by atoms with E-state index < -0.39 is 15.6 Å². The monoisotopic (exact) mass is 295 g/mol. The lowest BCUT2D eigenvalue weighted by Gasteiger charge is -2.38. The van der Waals surface area contributed by atoms with Gasteiger partial charge in [-0.15, -0.1) is 0 Å². The summed E-state index contributed by atoms with van der Waals surface area (Å²) in [7, 11) is -3.54. The topological polar surface area (TPSA) is 54.5 Å². The fraction of sp³-hybridized carbons (Fsp3) is 0.533. The Balaban J connectivity index is 2.08. The zero-order valence-corrected chi connectivity index (χ0v) is 12.8. The maximum absolute atomic E-state index is 12.2. The zero-order chi connectivity index (χ0) is 14.8. The highest BCUT2D eigenvalue weighted by Gasteiger charge is 2.31. The van der Waals surface area contributed by atoms with Gasteiger partial charge in [-0.3, -0.25) is 4.79 Å². The van der Waals surface area contributed by atoms with Crippen molar-refractivity contribution in [2.75, 3.05) is 18.8 Å². The smallest absolute Gasteiger partial charge is 0.238 e. The van der Waals surface area contributed by atoms with Crippen LogP contribution in [0.4, 0.5) is 0 Å². The third-order valence-corrected chi connectivity index (χ3v) is 5.29. The first-order valence-corrected chi connectivity index (χ1v) is 8.51. The van der Waals surface area contributed by atoms with Crippen LogP contribution in [0.1, 0.15) is 26.7 Å². The van der Waals surface area contributed by atoms with Gasteiger partial charge < -0.3 is 4.90 Å². The van der Waals surface area contributed by atoms with E-state index in [2.05, 4.69) is 13.8 Å². The number of hydrogen-bond acceptors (Lipinski definition) is 3. The molecule has 0 N–H and O–H groups in total. The molecule has 1 saturated heterocycles. The van der Waals surface area contributed by atoms with E-state index in [1.165, 1.54) is 12.1 Å². The first-order valence-electron chi connectivity index (χ1n) is 6.86. The van der Waals surface area contributed by atoms with Gasteiger partial charge in [-0.2, -0.15) is 0 Å². The van der Waals surface area contributed by atoms with Gasteiger partial charge in [0.2, 0.25) is 5.91 Å². The highest BCUT2D eigenvalue weighted by molar-refractivity contribution is 7.92. The van der Waals surface area contributed by atoms with Crippen molar-refractivity contribution >= 4 is 15.7 Å². The lowest BCUT2D eigenvalue weighted by molar-refractivity contribution is -0.131. The second kappa shape index (κ2) is 5.56.